The molecule has 26 heavy (non-hydrogen) atoms. The van der Waals surface area contributed by atoms with Crippen molar-refractivity contribution < 1.29 is 13.2 Å². The molecule has 2 rings (SSSR count). The van der Waals surface area contributed by atoms with Crippen molar-refractivity contribution in [3.63, 3.8) is 0 Å². The van der Waals surface area contributed by atoms with Gasteiger partial charge >= 0.3 is 0 Å². The predicted molar refractivity (Wildman–Crippen MR) is 104 cm³/mol. The second-order valence-corrected chi connectivity index (χ2v) is 8.13. The normalized spacial score (nSPS) is 12.5. The summed E-state index contributed by atoms with van der Waals surface area (Å²) in [6.45, 7) is 6.17. The summed E-state index contributed by atoms with van der Waals surface area (Å²) in [4.78, 5) is 12.2. The number of aryl methyl sites for hydroxylation is 2. The van der Waals surface area contributed by atoms with Gasteiger partial charge in [-0.05, 0) is 74.7 Å². The third-order valence-electron chi connectivity index (χ3n) is 4.07. The number of nitrogens with one attached hydrogen (secondary N) is 2. The Balaban J connectivity index is 2.06. The fourth-order valence-electron chi connectivity index (χ4n) is 2.30. The van der Waals surface area contributed by atoms with Gasteiger partial charge in [-0.3, -0.25) is 9.52 Å². The largest absolute Gasteiger partial charge is 0.352 e. The zero-order chi connectivity index (χ0) is 19.3. The molecule has 0 aliphatic rings. The molecule has 0 heterocycles. The third kappa shape index (κ3) is 5.31. The van der Waals surface area contributed by atoms with E-state index in [1.807, 2.05) is 20.8 Å². The van der Waals surface area contributed by atoms with Gasteiger partial charge in [0.25, 0.3) is 15.9 Å². The molecule has 140 valence electrons. The van der Waals surface area contributed by atoms with E-state index in [1.54, 1.807) is 42.5 Å². The van der Waals surface area contributed by atoms with Gasteiger partial charge in [0.05, 0.1) is 4.90 Å². The fourth-order valence-corrected chi connectivity index (χ4v) is 3.44. The standard InChI is InChI=1S/C19H25N3O3S/c1-13-4-9-18(12-14(13)2)26(24,25)22-17-7-5-16(6-8-17)19(23)21-11-10-15(3)20/h4-9,12,15,22H,10-11,20H2,1-3H3,(H,21,23). The molecule has 0 saturated heterocycles. The van der Waals surface area contributed by atoms with Gasteiger partial charge in [0.1, 0.15) is 0 Å². The van der Waals surface area contributed by atoms with Crippen molar-refractivity contribution in [2.24, 2.45) is 5.73 Å². The smallest absolute Gasteiger partial charge is 0.261 e. The molecule has 1 unspecified atom stereocenters. The lowest BCUT2D eigenvalue weighted by atomic mass is 10.1. The highest BCUT2D eigenvalue weighted by atomic mass is 32.2. The number of benzene rings is 2. The van der Waals surface area contributed by atoms with E-state index in [1.165, 1.54) is 0 Å². The Hall–Kier alpha value is -2.38. The Morgan fingerprint density at radius 2 is 1.73 bits per heavy atom. The SMILES string of the molecule is Cc1ccc(S(=O)(=O)Nc2ccc(C(=O)NCCC(C)N)cc2)cc1C. The lowest BCUT2D eigenvalue weighted by Crippen LogP contribution is -2.28. The van der Waals surface area contributed by atoms with Crippen LogP contribution in [-0.4, -0.2) is 26.9 Å². The summed E-state index contributed by atoms with van der Waals surface area (Å²) in [6.07, 6.45) is 0.694. The number of anilines is 1. The molecule has 2 aromatic rings. The van der Waals surface area contributed by atoms with Crippen LogP contribution in [-0.2, 0) is 10.0 Å². The van der Waals surface area contributed by atoms with E-state index < -0.39 is 10.0 Å². The van der Waals surface area contributed by atoms with E-state index in [0.29, 0.717) is 24.2 Å². The summed E-state index contributed by atoms with van der Waals surface area (Å²) in [5.41, 5.74) is 8.45. The quantitative estimate of drug-likeness (QED) is 0.692. The number of amides is 1. The van der Waals surface area contributed by atoms with Gasteiger partial charge in [-0.25, -0.2) is 8.42 Å². The molecule has 1 atom stereocenters. The average molecular weight is 375 g/mol. The molecular formula is C19H25N3O3S. The first kappa shape index (κ1) is 19.9. The van der Waals surface area contributed by atoms with Crippen molar-refractivity contribution in [1.29, 1.82) is 0 Å². The zero-order valence-electron chi connectivity index (χ0n) is 15.2. The summed E-state index contributed by atoms with van der Waals surface area (Å²) in [6, 6.07) is 11.3. The molecule has 7 heteroatoms. The van der Waals surface area contributed by atoms with E-state index >= 15 is 0 Å². The molecule has 0 aromatic heterocycles. The average Bonchev–Trinajstić information content (AvgIpc) is 2.57. The molecule has 0 bridgehead atoms. The summed E-state index contributed by atoms with van der Waals surface area (Å²) in [7, 11) is -3.67. The van der Waals surface area contributed by atoms with Crippen LogP contribution < -0.4 is 15.8 Å². The fraction of sp³-hybridized carbons (Fsp3) is 0.316. The molecule has 6 nitrogen and oxygen atoms in total. The number of carbonyl (C=O) groups excluding carboxylic acids is 1. The Morgan fingerprint density at radius 1 is 1.08 bits per heavy atom. The van der Waals surface area contributed by atoms with Crippen molar-refractivity contribution in [2.45, 2.75) is 38.1 Å². The van der Waals surface area contributed by atoms with Gasteiger partial charge in [-0.2, -0.15) is 0 Å². The van der Waals surface area contributed by atoms with E-state index in [9.17, 15) is 13.2 Å². The predicted octanol–water partition coefficient (Wildman–Crippen LogP) is 2.57. The summed E-state index contributed by atoms with van der Waals surface area (Å²) in [5, 5.41) is 2.78. The first-order valence-electron chi connectivity index (χ1n) is 8.43. The minimum Gasteiger partial charge on any atom is -0.352 e. The first-order chi connectivity index (χ1) is 12.2. The van der Waals surface area contributed by atoms with E-state index in [0.717, 1.165) is 11.1 Å². The molecule has 0 fully saturated rings. The van der Waals surface area contributed by atoms with Crippen LogP contribution in [0.3, 0.4) is 0 Å². The minimum atomic E-state index is -3.67. The van der Waals surface area contributed by atoms with E-state index in [2.05, 4.69) is 10.0 Å². The molecule has 0 saturated carbocycles. The number of nitrogens with two attached hydrogens (primary N) is 1. The number of rotatable bonds is 7. The van der Waals surface area contributed by atoms with Gasteiger partial charge in [-0.15, -0.1) is 0 Å². The van der Waals surface area contributed by atoms with Crippen molar-refractivity contribution in [3.8, 4) is 0 Å². The Bertz CT molecular complexity index is 875. The van der Waals surface area contributed by atoms with Crippen LogP contribution in [0.4, 0.5) is 5.69 Å². The van der Waals surface area contributed by atoms with Crippen LogP contribution in [0.5, 0.6) is 0 Å². The highest BCUT2D eigenvalue weighted by Gasteiger charge is 2.15. The number of sulfonamides is 1. The van der Waals surface area contributed by atoms with Gasteiger partial charge in [0.15, 0.2) is 0 Å². The molecule has 4 N–H and O–H groups in total. The van der Waals surface area contributed by atoms with Crippen molar-refractivity contribution in [1.82, 2.24) is 5.32 Å². The van der Waals surface area contributed by atoms with Crippen LogP contribution in [0.15, 0.2) is 47.4 Å². The molecular weight excluding hydrogens is 350 g/mol. The number of hydrogen-bond acceptors (Lipinski definition) is 4. The highest BCUT2D eigenvalue weighted by molar-refractivity contribution is 7.92. The van der Waals surface area contributed by atoms with Crippen molar-refractivity contribution in [3.05, 3.63) is 59.2 Å². The Kier molecular flexibility index (Phi) is 6.39. The van der Waals surface area contributed by atoms with Crippen LogP contribution in [0.1, 0.15) is 34.8 Å². The van der Waals surface area contributed by atoms with E-state index in [4.69, 9.17) is 5.73 Å². The van der Waals surface area contributed by atoms with Crippen molar-refractivity contribution in [2.75, 3.05) is 11.3 Å². The third-order valence-corrected chi connectivity index (χ3v) is 5.45. The lowest BCUT2D eigenvalue weighted by molar-refractivity contribution is 0.0953. The van der Waals surface area contributed by atoms with E-state index in [-0.39, 0.29) is 16.8 Å². The maximum atomic E-state index is 12.5. The molecule has 0 spiro atoms. The monoisotopic (exact) mass is 375 g/mol. The van der Waals surface area contributed by atoms with Crippen LogP contribution in [0, 0.1) is 13.8 Å². The second-order valence-electron chi connectivity index (χ2n) is 6.45. The van der Waals surface area contributed by atoms with Gasteiger partial charge < -0.3 is 11.1 Å². The summed E-state index contributed by atoms with van der Waals surface area (Å²) < 4.78 is 27.5. The first-order valence-corrected chi connectivity index (χ1v) is 9.91. The Morgan fingerprint density at radius 3 is 2.31 bits per heavy atom. The number of hydrogen-bond donors (Lipinski definition) is 3. The summed E-state index contributed by atoms with van der Waals surface area (Å²) >= 11 is 0. The zero-order valence-corrected chi connectivity index (χ0v) is 16.1. The maximum absolute atomic E-state index is 12.5. The molecule has 1 amide bonds. The topological polar surface area (TPSA) is 101 Å². The van der Waals surface area contributed by atoms with Gasteiger partial charge in [0, 0.05) is 23.8 Å². The Labute approximate surface area is 154 Å². The molecule has 0 radical (unpaired) electrons. The van der Waals surface area contributed by atoms with Crippen LogP contribution in [0.2, 0.25) is 0 Å². The highest BCUT2D eigenvalue weighted by Crippen LogP contribution is 2.19. The lowest BCUT2D eigenvalue weighted by Gasteiger charge is -2.11. The molecule has 0 aliphatic heterocycles. The van der Waals surface area contributed by atoms with Gasteiger partial charge in [-0.1, -0.05) is 6.07 Å². The molecule has 0 aliphatic carbocycles. The maximum Gasteiger partial charge on any atom is 0.261 e. The molecule has 2 aromatic carbocycles. The van der Waals surface area contributed by atoms with Crippen molar-refractivity contribution >= 4 is 21.6 Å². The van der Waals surface area contributed by atoms with Crippen LogP contribution in [0.25, 0.3) is 0 Å². The minimum absolute atomic E-state index is 0.0255. The van der Waals surface area contributed by atoms with Crippen LogP contribution >= 0.6 is 0 Å². The summed E-state index contributed by atoms with van der Waals surface area (Å²) in [5.74, 6) is -0.214. The van der Waals surface area contributed by atoms with Gasteiger partial charge in [0.2, 0.25) is 0 Å². The second kappa shape index (κ2) is 8.33. The number of carbonyl (C=O) groups is 1.